The summed E-state index contributed by atoms with van der Waals surface area (Å²) in [4.78, 5) is 0. The molecule has 127 valence electrons. The van der Waals surface area contributed by atoms with E-state index in [2.05, 4.69) is 108 Å². The van der Waals surface area contributed by atoms with E-state index in [4.69, 9.17) is 0 Å². The van der Waals surface area contributed by atoms with Crippen molar-refractivity contribution in [3.05, 3.63) is 102 Å². The maximum Gasteiger partial charge on any atom is 0.0725 e. The Morgan fingerprint density at radius 2 is 1.22 bits per heavy atom. The van der Waals surface area contributed by atoms with Crippen LogP contribution in [0.25, 0.3) is 33.4 Å². The SMILES string of the molecule is CC1c2ccccc2-c2cc(-c3ccccc3)c(-c3ccccc3)c([Si])c21. The van der Waals surface area contributed by atoms with Gasteiger partial charge in [0, 0.05) is 5.92 Å². The average molecular weight is 360 g/mol. The van der Waals surface area contributed by atoms with E-state index in [9.17, 15) is 0 Å². The predicted octanol–water partition coefficient (Wildman–Crippen LogP) is 5.95. The fourth-order valence-electron chi connectivity index (χ4n) is 4.40. The van der Waals surface area contributed by atoms with E-state index >= 15 is 0 Å². The van der Waals surface area contributed by atoms with Crippen LogP contribution in [-0.2, 0) is 0 Å². The molecule has 1 unspecified atom stereocenters. The minimum Gasteiger partial charge on any atom is -0.0622 e. The summed E-state index contributed by atoms with van der Waals surface area (Å²) in [5.74, 6) is 0.385. The molecule has 0 nitrogen and oxygen atoms in total. The van der Waals surface area contributed by atoms with Crippen molar-refractivity contribution < 1.29 is 0 Å². The monoisotopic (exact) mass is 359 g/mol. The third kappa shape index (κ3) is 2.50. The lowest BCUT2D eigenvalue weighted by molar-refractivity contribution is 0.964. The highest BCUT2D eigenvalue weighted by atomic mass is 28.1. The number of fused-ring (bicyclic) bond motifs is 3. The van der Waals surface area contributed by atoms with Crippen molar-refractivity contribution in [2.45, 2.75) is 12.8 Å². The standard InChI is InChI=1S/C26H19Si/c1-17-20-14-8-9-15-21(20)23-16-22(18-10-4-2-5-11-18)25(26(27)24(17)23)19-12-6-3-7-13-19/h2-17H,1H3. The van der Waals surface area contributed by atoms with E-state index < -0.39 is 0 Å². The summed E-state index contributed by atoms with van der Waals surface area (Å²) in [7, 11) is 4.08. The first kappa shape index (κ1) is 16.3. The molecule has 27 heavy (non-hydrogen) atoms. The fraction of sp³-hybridized carbons (Fsp3) is 0.0769. The van der Waals surface area contributed by atoms with E-state index in [1.54, 1.807) is 0 Å². The van der Waals surface area contributed by atoms with Crippen molar-refractivity contribution in [1.82, 2.24) is 0 Å². The molecule has 0 saturated heterocycles. The Bertz CT molecular complexity index is 1130. The molecule has 4 aromatic carbocycles. The van der Waals surface area contributed by atoms with E-state index in [0.29, 0.717) is 5.92 Å². The minimum absolute atomic E-state index is 0.385. The summed E-state index contributed by atoms with van der Waals surface area (Å²) in [5.41, 5.74) is 10.6. The van der Waals surface area contributed by atoms with Crippen LogP contribution in [0.5, 0.6) is 0 Å². The quantitative estimate of drug-likeness (QED) is 0.388. The van der Waals surface area contributed by atoms with Crippen LogP contribution < -0.4 is 5.19 Å². The molecule has 0 heterocycles. The Balaban J connectivity index is 1.88. The molecule has 5 rings (SSSR count). The highest BCUT2D eigenvalue weighted by Crippen LogP contribution is 2.47. The summed E-state index contributed by atoms with van der Waals surface area (Å²) in [5, 5.41) is 1.21. The van der Waals surface area contributed by atoms with Crippen molar-refractivity contribution in [3.63, 3.8) is 0 Å². The van der Waals surface area contributed by atoms with Crippen LogP contribution in [0.15, 0.2) is 91.0 Å². The molecule has 0 aliphatic heterocycles. The summed E-state index contributed by atoms with van der Waals surface area (Å²) in [6.07, 6.45) is 0. The van der Waals surface area contributed by atoms with Crippen molar-refractivity contribution in [3.8, 4) is 33.4 Å². The van der Waals surface area contributed by atoms with Gasteiger partial charge in [-0.2, -0.15) is 0 Å². The molecule has 0 amide bonds. The first-order valence-corrected chi connectivity index (χ1v) is 9.88. The number of hydrogen-bond donors (Lipinski definition) is 0. The Kier molecular flexibility index (Phi) is 3.84. The van der Waals surface area contributed by atoms with Crippen LogP contribution in [-0.4, -0.2) is 10.2 Å². The molecular formula is C26H19Si. The van der Waals surface area contributed by atoms with Crippen molar-refractivity contribution >= 4 is 15.4 Å². The Labute approximate surface area is 163 Å². The molecular weight excluding hydrogens is 340 g/mol. The van der Waals surface area contributed by atoms with E-state index in [0.717, 1.165) is 0 Å². The summed E-state index contributed by atoms with van der Waals surface area (Å²) < 4.78 is 0. The zero-order chi connectivity index (χ0) is 18.4. The maximum atomic E-state index is 4.08. The van der Waals surface area contributed by atoms with Crippen LogP contribution in [0.1, 0.15) is 24.0 Å². The largest absolute Gasteiger partial charge is 0.0725 e. The lowest BCUT2D eigenvalue weighted by Gasteiger charge is -2.20. The molecule has 0 N–H and O–H groups in total. The molecule has 1 aliphatic carbocycles. The fourth-order valence-corrected chi connectivity index (χ4v) is 5.03. The molecule has 3 radical (unpaired) electrons. The van der Waals surface area contributed by atoms with Crippen molar-refractivity contribution in [1.29, 1.82) is 0 Å². The van der Waals surface area contributed by atoms with Crippen molar-refractivity contribution in [2.24, 2.45) is 0 Å². The smallest absolute Gasteiger partial charge is 0.0622 e. The van der Waals surface area contributed by atoms with E-state index in [-0.39, 0.29) is 0 Å². The normalized spacial score (nSPS) is 14.7. The maximum absolute atomic E-state index is 4.08. The second kappa shape index (κ2) is 6.36. The lowest BCUT2D eigenvalue weighted by Crippen LogP contribution is -2.16. The summed E-state index contributed by atoms with van der Waals surface area (Å²) >= 11 is 0. The molecule has 1 atom stereocenters. The molecule has 0 aromatic heterocycles. The topological polar surface area (TPSA) is 0 Å². The molecule has 1 heteroatoms. The first-order chi connectivity index (χ1) is 13.3. The van der Waals surface area contributed by atoms with Crippen LogP contribution in [0.4, 0.5) is 0 Å². The average Bonchev–Trinajstić information content (AvgIpc) is 3.02. The number of hydrogen-bond acceptors (Lipinski definition) is 0. The van der Waals surface area contributed by atoms with Gasteiger partial charge in [-0.1, -0.05) is 97.0 Å². The molecule has 1 aliphatic rings. The molecule has 0 saturated carbocycles. The number of rotatable bonds is 2. The number of benzene rings is 4. The van der Waals surface area contributed by atoms with Crippen molar-refractivity contribution in [2.75, 3.05) is 0 Å². The second-order valence-electron chi connectivity index (χ2n) is 7.18. The van der Waals surface area contributed by atoms with Gasteiger partial charge in [-0.15, -0.1) is 0 Å². The van der Waals surface area contributed by atoms with Gasteiger partial charge in [0.1, 0.15) is 0 Å². The first-order valence-electron chi connectivity index (χ1n) is 9.38. The van der Waals surface area contributed by atoms with Crippen LogP contribution in [0.3, 0.4) is 0 Å². The predicted molar refractivity (Wildman–Crippen MR) is 116 cm³/mol. The van der Waals surface area contributed by atoms with Crippen LogP contribution in [0.2, 0.25) is 0 Å². The van der Waals surface area contributed by atoms with Gasteiger partial charge in [-0.25, -0.2) is 0 Å². The highest BCUT2D eigenvalue weighted by molar-refractivity contribution is 6.39. The van der Waals surface area contributed by atoms with Gasteiger partial charge in [-0.3, -0.25) is 0 Å². The summed E-state index contributed by atoms with van der Waals surface area (Å²) in [6.45, 7) is 2.31. The Morgan fingerprint density at radius 1 is 0.630 bits per heavy atom. The Morgan fingerprint density at radius 3 is 1.93 bits per heavy atom. The minimum atomic E-state index is 0.385. The van der Waals surface area contributed by atoms with Gasteiger partial charge >= 0.3 is 0 Å². The third-order valence-electron chi connectivity index (χ3n) is 5.67. The van der Waals surface area contributed by atoms with Gasteiger partial charge in [-0.05, 0) is 50.6 Å². The highest BCUT2D eigenvalue weighted by Gasteiger charge is 2.29. The van der Waals surface area contributed by atoms with Crippen LogP contribution >= 0.6 is 0 Å². The van der Waals surface area contributed by atoms with Gasteiger partial charge in [0.2, 0.25) is 0 Å². The van der Waals surface area contributed by atoms with Gasteiger partial charge < -0.3 is 0 Å². The van der Waals surface area contributed by atoms with Gasteiger partial charge in [0.15, 0.2) is 0 Å². The third-order valence-corrected chi connectivity index (χ3v) is 6.18. The van der Waals surface area contributed by atoms with E-state index in [1.807, 2.05) is 0 Å². The zero-order valence-corrected chi connectivity index (χ0v) is 16.2. The van der Waals surface area contributed by atoms with Gasteiger partial charge in [0.25, 0.3) is 0 Å². The van der Waals surface area contributed by atoms with Gasteiger partial charge in [0.05, 0.1) is 10.2 Å². The molecule has 4 aromatic rings. The molecule has 0 fully saturated rings. The second-order valence-corrected chi connectivity index (χ2v) is 7.68. The summed E-state index contributed by atoms with van der Waals surface area (Å²) in [6, 6.07) is 32.6. The Hall–Kier alpha value is -2.90. The van der Waals surface area contributed by atoms with E-state index in [1.165, 1.54) is 49.7 Å². The molecule has 0 spiro atoms. The van der Waals surface area contributed by atoms with Crippen LogP contribution in [0, 0.1) is 0 Å². The molecule has 0 bridgehead atoms. The zero-order valence-electron chi connectivity index (χ0n) is 15.2. The lowest BCUT2D eigenvalue weighted by atomic mass is 9.88.